The number of hydrogen-bond acceptors (Lipinski definition) is 5. The number of esters is 1. The molecule has 0 saturated heterocycles. The van der Waals surface area contributed by atoms with E-state index in [2.05, 4.69) is 20.4 Å². The summed E-state index contributed by atoms with van der Waals surface area (Å²) < 4.78 is 15.4. The van der Waals surface area contributed by atoms with Crippen LogP contribution < -0.4 is 20.1 Å². The highest BCUT2D eigenvalue weighted by molar-refractivity contribution is 5.93. The smallest absolute Gasteiger partial charge is 0.305 e. The topological polar surface area (TPSA) is 81.2 Å². The molecule has 0 aliphatic heterocycles. The number of guanidine groups is 1. The van der Waals surface area contributed by atoms with Gasteiger partial charge in [-0.2, -0.15) is 0 Å². The Morgan fingerprint density at radius 3 is 2.62 bits per heavy atom. The van der Waals surface area contributed by atoms with Gasteiger partial charge < -0.3 is 24.8 Å². The normalized spacial score (nSPS) is 10.9. The molecular formula is C17H27N3O4. The van der Waals surface area contributed by atoms with Gasteiger partial charge in [-0.25, -0.2) is 0 Å². The molecule has 134 valence electrons. The van der Waals surface area contributed by atoms with Crippen LogP contribution >= 0.6 is 0 Å². The summed E-state index contributed by atoms with van der Waals surface area (Å²) in [5.74, 6) is 1.84. The van der Waals surface area contributed by atoms with E-state index in [4.69, 9.17) is 9.47 Å². The molecule has 0 spiro atoms. The van der Waals surface area contributed by atoms with E-state index in [0.29, 0.717) is 37.0 Å². The van der Waals surface area contributed by atoms with Crippen LogP contribution in [0, 0.1) is 0 Å². The monoisotopic (exact) mass is 337 g/mol. The largest absolute Gasteiger partial charge is 0.493 e. The fourth-order valence-corrected chi connectivity index (χ4v) is 2.04. The average Bonchev–Trinajstić information content (AvgIpc) is 2.61. The Kier molecular flexibility index (Phi) is 9.11. The van der Waals surface area contributed by atoms with Crippen molar-refractivity contribution in [2.24, 2.45) is 4.99 Å². The van der Waals surface area contributed by atoms with E-state index in [9.17, 15) is 4.79 Å². The van der Waals surface area contributed by atoms with Crippen molar-refractivity contribution in [3.05, 3.63) is 18.2 Å². The summed E-state index contributed by atoms with van der Waals surface area (Å²) in [7, 11) is 4.71. The molecule has 2 N–H and O–H groups in total. The van der Waals surface area contributed by atoms with Crippen LogP contribution in [0.15, 0.2) is 23.2 Å². The predicted molar refractivity (Wildman–Crippen MR) is 95.0 cm³/mol. The summed E-state index contributed by atoms with van der Waals surface area (Å²) in [5, 5.41) is 6.40. The summed E-state index contributed by atoms with van der Waals surface area (Å²) in [4.78, 5) is 15.2. The first-order valence-electron chi connectivity index (χ1n) is 7.99. The average molecular weight is 337 g/mol. The number of anilines is 1. The van der Waals surface area contributed by atoms with Crippen molar-refractivity contribution in [3.8, 4) is 11.5 Å². The van der Waals surface area contributed by atoms with Gasteiger partial charge in [-0.15, -0.1) is 0 Å². The molecule has 0 saturated carbocycles. The van der Waals surface area contributed by atoms with Gasteiger partial charge in [0.25, 0.3) is 0 Å². The van der Waals surface area contributed by atoms with Crippen molar-refractivity contribution in [2.75, 3.05) is 39.7 Å². The van der Waals surface area contributed by atoms with Crippen LogP contribution in [-0.2, 0) is 9.53 Å². The Balaban J connectivity index is 2.49. The van der Waals surface area contributed by atoms with Gasteiger partial charge in [0.1, 0.15) is 0 Å². The highest BCUT2D eigenvalue weighted by Crippen LogP contribution is 2.30. The minimum absolute atomic E-state index is 0.181. The number of unbranched alkanes of at least 4 members (excludes halogenated alkanes) is 1. The van der Waals surface area contributed by atoms with Gasteiger partial charge >= 0.3 is 5.97 Å². The lowest BCUT2D eigenvalue weighted by atomic mass is 10.2. The minimum Gasteiger partial charge on any atom is -0.493 e. The second-order valence-corrected chi connectivity index (χ2v) is 4.96. The zero-order valence-corrected chi connectivity index (χ0v) is 14.8. The molecule has 0 atom stereocenters. The molecule has 0 bridgehead atoms. The maximum absolute atomic E-state index is 11.0. The van der Waals surface area contributed by atoms with Gasteiger partial charge in [-0.3, -0.25) is 9.79 Å². The Bertz CT molecular complexity index is 547. The predicted octanol–water partition coefficient (Wildman–Crippen LogP) is 2.42. The van der Waals surface area contributed by atoms with E-state index in [1.54, 1.807) is 14.2 Å². The van der Waals surface area contributed by atoms with Gasteiger partial charge in [-0.1, -0.05) is 0 Å². The lowest BCUT2D eigenvalue weighted by Crippen LogP contribution is -2.31. The van der Waals surface area contributed by atoms with Crippen molar-refractivity contribution in [1.82, 2.24) is 5.32 Å². The van der Waals surface area contributed by atoms with Crippen molar-refractivity contribution in [3.63, 3.8) is 0 Å². The Morgan fingerprint density at radius 1 is 1.21 bits per heavy atom. The lowest BCUT2D eigenvalue weighted by molar-refractivity contribution is -0.140. The molecular weight excluding hydrogens is 310 g/mol. The molecule has 7 nitrogen and oxygen atoms in total. The van der Waals surface area contributed by atoms with Crippen LogP contribution in [-0.4, -0.2) is 46.3 Å². The molecule has 0 aliphatic rings. The van der Waals surface area contributed by atoms with Crippen molar-refractivity contribution in [1.29, 1.82) is 0 Å². The molecule has 0 radical (unpaired) electrons. The van der Waals surface area contributed by atoms with Crippen molar-refractivity contribution >= 4 is 17.6 Å². The number of hydrogen-bond donors (Lipinski definition) is 2. The maximum Gasteiger partial charge on any atom is 0.305 e. The zero-order valence-electron chi connectivity index (χ0n) is 14.8. The summed E-state index contributed by atoms with van der Waals surface area (Å²) in [6.45, 7) is 3.22. The number of nitrogens with one attached hydrogen (secondary N) is 2. The first kappa shape index (κ1) is 19.6. The number of methoxy groups -OCH3 is 2. The minimum atomic E-state index is -0.181. The van der Waals surface area contributed by atoms with E-state index < -0.39 is 0 Å². The van der Waals surface area contributed by atoms with Crippen LogP contribution in [0.3, 0.4) is 0 Å². The van der Waals surface area contributed by atoms with Crippen molar-refractivity contribution in [2.45, 2.75) is 26.2 Å². The van der Waals surface area contributed by atoms with Gasteiger partial charge in [-0.05, 0) is 31.9 Å². The van der Waals surface area contributed by atoms with E-state index in [0.717, 1.165) is 18.5 Å². The SMILES string of the molecule is CCOc1ccc(NC(=NC)NCCCCC(=O)OC)cc1OC. The van der Waals surface area contributed by atoms with E-state index in [1.165, 1.54) is 7.11 Å². The number of aliphatic imine (C=N–C) groups is 1. The molecule has 1 aromatic carbocycles. The number of carbonyl (C=O) groups is 1. The van der Waals surface area contributed by atoms with Gasteiger partial charge in [0.2, 0.25) is 0 Å². The van der Waals surface area contributed by atoms with Crippen molar-refractivity contribution < 1.29 is 19.0 Å². The molecule has 1 rings (SSSR count). The molecule has 0 unspecified atom stereocenters. The van der Waals surface area contributed by atoms with E-state index in [-0.39, 0.29) is 5.97 Å². The third-order valence-electron chi connectivity index (χ3n) is 3.28. The Labute approximate surface area is 143 Å². The molecule has 7 heteroatoms. The Morgan fingerprint density at radius 2 is 2.00 bits per heavy atom. The molecule has 0 fully saturated rings. The number of rotatable bonds is 9. The van der Waals surface area contributed by atoms with Crippen LogP contribution in [0.4, 0.5) is 5.69 Å². The summed E-state index contributed by atoms with van der Waals surface area (Å²) in [6.07, 6.45) is 2.05. The van der Waals surface area contributed by atoms with Crippen LogP contribution in [0.2, 0.25) is 0 Å². The second-order valence-electron chi connectivity index (χ2n) is 4.96. The maximum atomic E-state index is 11.0. The number of ether oxygens (including phenoxy) is 3. The number of carbonyl (C=O) groups excluding carboxylic acids is 1. The molecule has 0 heterocycles. The third-order valence-corrected chi connectivity index (χ3v) is 3.28. The molecule has 24 heavy (non-hydrogen) atoms. The molecule has 0 amide bonds. The van der Waals surface area contributed by atoms with Crippen LogP contribution in [0.1, 0.15) is 26.2 Å². The summed E-state index contributed by atoms with van der Waals surface area (Å²) in [5.41, 5.74) is 0.845. The first-order valence-corrected chi connectivity index (χ1v) is 7.99. The zero-order chi connectivity index (χ0) is 17.8. The fraction of sp³-hybridized carbons (Fsp3) is 0.529. The van der Waals surface area contributed by atoms with Crippen LogP contribution in [0.5, 0.6) is 11.5 Å². The van der Waals surface area contributed by atoms with E-state index >= 15 is 0 Å². The third kappa shape index (κ3) is 6.76. The summed E-state index contributed by atoms with van der Waals surface area (Å²) in [6, 6.07) is 5.61. The number of nitrogens with zero attached hydrogens (tertiary/aromatic N) is 1. The lowest BCUT2D eigenvalue weighted by Gasteiger charge is -2.14. The van der Waals surface area contributed by atoms with Gasteiger partial charge in [0.05, 0.1) is 20.8 Å². The highest BCUT2D eigenvalue weighted by Gasteiger charge is 2.07. The molecule has 0 aromatic heterocycles. The highest BCUT2D eigenvalue weighted by atomic mass is 16.5. The van der Waals surface area contributed by atoms with Gasteiger partial charge in [0.15, 0.2) is 17.5 Å². The second kappa shape index (κ2) is 11.2. The number of benzene rings is 1. The molecule has 0 aliphatic carbocycles. The van der Waals surface area contributed by atoms with E-state index in [1.807, 2.05) is 25.1 Å². The summed E-state index contributed by atoms with van der Waals surface area (Å²) >= 11 is 0. The van der Waals surface area contributed by atoms with Gasteiger partial charge in [0, 0.05) is 31.8 Å². The quantitative estimate of drug-likeness (QED) is 0.312. The fourth-order valence-electron chi connectivity index (χ4n) is 2.04. The van der Waals surface area contributed by atoms with Crippen LogP contribution in [0.25, 0.3) is 0 Å². The standard InChI is InChI=1S/C17H27N3O4/c1-5-24-14-10-9-13(12-15(14)22-3)20-17(18-2)19-11-7-6-8-16(21)23-4/h9-10,12H,5-8,11H2,1-4H3,(H2,18,19,20). The first-order chi connectivity index (χ1) is 11.6. The Hall–Kier alpha value is -2.44. The molecule has 1 aromatic rings.